The Labute approximate surface area is 109 Å². The minimum Gasteiger partial charge on any atom is -0.497 e. The summed E-state index contributed by atoms with van der Waals surface area (Å²) in [6.07, 6.45) is 0.847. The molecule has 4 heteroatoms. The van der Waals surface area contributed by atoms with Crippen LogP contribution in [0.2, 0.25) is 0 Å². The van der Waals surface area contributed by atoms with Gasteiger partial charge in [-0.2, -0.15) is 0 Å². The molecule has 0 heterocycles. The van der Waals surface area contributed by atoms with Gasteiger partial charge in [-0.25, -0.2) is 0 Å². The number of methoxy groups -OCH3 is 2. The second-order valence-electron chi connectivity index (χ2n) is 4.74. The van der Waals surface area contributed by atoms with Crippen LogP contribution in [-0.4, -0.2) is 20.8 Å². The lowest BCUT2D eigenvalue weighted by molar-refractivity contribution is 0.382. The van der Waals surface area contributed by atoms with Crippen molar-refractivity contribution in [1.29, 1.82) is 0 Å². The molecule has 0 radical (unpaired) electrons. The van der Waals surface area contributed by atoms with Crippen LogP contribution >= 0.6 is 0 Å². The molecule has 18 heavy (non-hydrogen) atoms. The van der Waals surface area contributed by atoms with Crippen LogP contribution in [0, 0.1) is 12.8 Å². The van der Waals surface area contributed by atoms with Crippen LogP contribution in [0.3, 0.4) is 0 Å². The summed E-state index contributed by atoms with van der Waals surface area (Å²) in [7, 11) is 3.29. The highest BCUT2D eigenvalue weighted by molar-refractivity contribution is 5.47. The number of hydrogen-bond donors (Lipinski definition) is 2. The number of ether oxygens (including phenoxy) is 2. The molecular weight excluding hydrogens is 228 g/mol. The zero-order valence-electron chi connectivity index (χ0n) is 11.7. The van der Waals surface area contributed by atoms with E-state index in [9.17, 15) is 0 Å². The Hall–Kier alpha value is -1.26. The number of nitrogens with two attached hydrogens (primary N) is 2. The van der Waals surface area contributed by atoms with Crippen LogP contribution in [0.25, 0.3) is 0 Å². The van der Waals surface area contributed by atoms with E-state index < -0.39 is 0 Å². The van der Waals surface area contributed by atoms with Crippen LogP contribution in [0.1, 0.15) is 30.5 Å². The fraction of sp³-hybridized carbons (Fsp3) is 0.571. The second kappa shape index (κ2) is 6.61. The molecule has 0 fully saturated rings. The highest BCUT2D eigenvalue weighted by atomic mass is 16.5. The van der Waals surface area contributed by atoms with Crippen LogP contribution < -0.4 is 20.9 Å². The quantitative estimate of drug-likeness (QED) is 0.812. The van der Waals surface area contributed by atoms with E-state index in [4.69, 9.17) is 20.9 Å². The Morgan fingerprint density at radius 3 is 2.39 bits per heavy atom. The molecule has 0 aromatic heterocycles. The van der Waals surface area contributed by atoms with Gasteiger partial charge in [-0.1, -0.05) is 6.92 Å². The number of aryl methyl sites for hydroxylation is 1. The molecular formula is C14H24N2O2. The van der Waals surface area contributed by atoms with Crippen molar-refractivity contribution in [2.45, 2.75) is 26.3 Å². The summed E-state index contributed by atoms with van der Waals surface area (Å²) < 4.78 is 10.6. The van der Waals surface area contributed by atoms with Gasteiger partial charge in [-0.05, 0) is 37.4 Å². The molecule has 4 nitrogen and oxygen atoms in total. The lowest BCUT2D eigenvalue weighted by Gasteiger charge is -2.21. The summed E-state index contributed by atoms with van der Waals surface area (Å²) in [4.78, 5) is 0. The lowest BCUT2D eigenvalue weighted by atomic mass is 9.93. The zero-order valence-corrected chi connectivity index (χ0v) is 11.7. The van der Waals surface area contributed by atoms with Gasteiger partial charge in [0.25, 0.3) is 0 Å². The fourth-order valence-corrected chi connectivity index (χ4v) is 2.14. The summed E-state index contributed by atoms with van der Waals surface area (Å²) in [6.45, 7) is 4.77. The predicted octanol–water partition coefficient (Wildman–Crippen LogP) is 2.00. The highest BCUT2D eigenvalue weighted by Gasteiger charge is 2.18. The van der Waals surface area contributed by atoms with E-state index in [-0.39, 0.29) is 6.04 Å². The van der Waals surface area contributed by atoms with Crippen LogP contribution in [0.4, 0.5) is 0 Å². The van der Waals surface area contributed by atoms with Gasteiger partial charge >= 0.3 is 0 Å². The molecule has 0 aliphatic rings. The molecule has 0 saturated heterocycles. The van der Waals surface area contributed by atoms with Crippen LogP contribution in [0.5, 0.6) is 11.5 Å². The summed E-state index contributed by atoms with van der Waals surface area (Å²) in [5, 5.41) is 0. The van der Waals surface area contributed by atoms with Gasteiger partial charge in [-0.3, -0.25) is 0 Å². The van der Waals surface area contributed by atoms with E-state index in [1.165, 1.54) is 0 Å². The molecule has 1 rings (SSSR count). The van der Waals surface area contributed by atoms with Gasteiger partial charge in [0.1, 0.15) is 11.5 Å². The summed E-state index contributed by atoms with van der Waals surface area (Å²) in [6, 6.07) is 3.78. The second-order valence-corrected chi connectivity index (χ2v) is 4.74. The van der Waals surface area contributed by atoms with Crippen LogP contribution in [-0.2, 0) is 0 Å². The minimum atomic E-state index is -0.0654. The number of benzene rings is 1. The van der Waals surface area contributed by atoms with Crippen molar-refractivity contribution in [3.05, 3.63) is 23.3 Å². The largest absolute Gasteiger partial charge is 0.497 e. The summed E-state index contributed by atoms with van der Waals surface area (Å²) in [5.74, 6) is 1.96. The molecule has 0 aliphatic carbocycles. The van der Waals surface area contributed by atoms with Crippen molar-refractivity contribution in [2.75, 3.05) is 20.8 Å². The zero-order chi connectivity index (χ0) is 13.7. The minimum absolute atomic E-state index is 0.0654. The standard InChI is InChI=1S/C14H24N2O2/c1-9(8-15)5-12(16)14-10(2)6-11(17-3)7-13(14)18-4/h6-7,9,12H,5,8,15-16H2,1-4H3. The molecule has 0 spiro atoms. The Morgan fingerprint density at radius 1 is 1.22 bits per heavy atom. The fourth-order valence-electron chi connectivity index (χ4n) is 2.14. The first kappa shape index (κ1) is 14.8. The molecule has 0 aliphatic heterocycles. The highest BCUT2D eigenvalue weighted by Crippen LogP contribution is 2.34. The van der Waals surface area contributed by atoms with Gasteiger partial charge in [0.05, 0.1) is 14.2 Å². The third kappa shape index (κ3) is 3.37. The molecule has 0 bridgehead atoms. The molecule has 2 atom stereocenters. The first-order chi connectivity index (χ1) is 8.53. The molecule has 4 N–H and O–H groups in total. The monoisotopic (exact) mass is 252 g/mol. The van der Waals surface area contributed by atoms with E-state index in [2.05, 4.69) is 6.92 Å². The van der Waals surface area contributed by atoms with E-state index in [1.807, 2.05) is 19.1 Å². The summed E-state index contributed by atoms with van der Waals surface area (Å²) >= 11 is 0. The smallest absolute Gasteiger partial charge is 0.127 e. The van der Waals surface area contributed by atoms with Crippen molar-refractivity contribution in [3.8, 4) is 11.5 Å². The Bertz CT molecular complexity index is 394. The van der Waals surface area contributed by atoms with Gasteiger partial charge < -0.3 is 20.9 Å². The molecule has 0 saturated carbocycles. The maximum Gasteiger partial charge on any atom is 0.127 e. The Morgan fingerprint density at radius 2 is 1.89 bits per heavy atom. The van der Waals surface area contributed by atoms with Crippen LogP contribution in [0.15, 0.2) is 12.1 Å². The van der Waals surface area contributed by atoms with E-state index in [0.29, 0.717) is 12.5 Å². The Balaban J connectivity index is 3.06. The van der Waals surface area contributed by atoms with Gasteiger partial charge in [0, 0.05) is 17.7 Å². The topological polar surface area (TPSA) is 70.5 Å². The van der Waals surface area contributed by atoms with Crippen molar-refractivity contribution >= 4 is 0 Å². The van der Waals surface area contributed by atoms with Gasteiger partial charge in [0.2, 0.25) is 0 Å². The maximum atomic E-state index is 6.26. The van der Waals surface area contributed by atoms with Crippen molar-refractivity contribution < 1.29 is 9.47 Å². The van der Waals surface area contributed by atoms with Crippen molar-refractivity contribution in [3.63, 3.8) is 0 Å². The third-order valence-electron chi connectivity index (χ3n) is 3.21. The average Bonchev–Trinajstić information content (AvgIpc) is 2.36. The van der Waals surface area contributed by atoms with E-state index in [0.717, 1.165) is 29.0 Å². The lowest BCUT2D eigenvalue weighted by Crippen LogP contribution is -2.20. The van der Waals surface area contributed by atoms with Gasteiger partial charge in [-0.15, -0.1) is 0 Å². The number of rotatable bonds is 6. The first-order valence-electron chi connectivity index (χ1n) is 6.21. The van der Waals surface area contributed by atoms with E-state index >= 15 is 0 Å². The molecule has 1 aromatic carbocycles. The average molecular weight is 252 g/mol. The predicted molar refractivity (Wildman–Crippen MR) is 74.0 cm³/mol. The molecule has 1 aromatic rings. The maximum absolute atomic E-state index is 6.26. The molecule has 2 unspecified atom stereocenters. The first-order valence-corrected chi connectivity index (χ1v) is 6.21. The molecule has 0 amide bonds. The molecule has 102 valence electrons. The normalized spacial score (nSPS) is 14.1. The van der Waals surface area contributed by atoms with Crippen molar-refractivity contribution in [1.82, 2.24) is 0 Å². The van der Waals surface area contributed by atoms with E-state index in [1.54, 1.807) is 14.2 Å². The van der Waals surface area contributed by atoms with Crippen molar-refractivity contribution in [2.24, 2.45) is 17.4 Å². The summed E-state index contributed by atoms with van der Waals surface area (Å²) in [5.41, 5.74) is 14.0. The third-order valence-corrected chi connectivity index (χ3v) is 3.21. The Kier molecular flexibility index (Phi) is 5.44. The number of hydrogen-bond acceptors (Lipinski definition) is 4. The van der Waals surface area contributed by atoms with Gasteiger partial charge in [0.15, 0.2) is 0 Å². The SMILES string of the molecule is COc1cc(C)c(C(N)CC(C)CN)c(OC)c1.